The molecule has 3 rings (SSSR count). The number of imidazole rings is 1. The van der Waals surface area contributed by atoms with Crippen LogP contribution in [0.1, 0.15) is 33.9 Å². The van der Waals surface area contributed by atoms with Gasteiger partial charge in [-0.05, 0) is 24.5 Å². The molecule has 0 saturated carbocycles. The molecule has 1 aromatic carbocycles. The van der Waals surface area contributed by atoms with Crippen LogP contribution in [-0.4, -0.2) is 15.5 Å². The first-order valence-electron chi connectivity index (χ1n) is 8.36. The van der Waals surface area contributed by atoms with Crippen LogP contribution in [0.15, 0.2) is 59.5 Å². The Morgan fingerprint density at radius 1 is 1.22 bits per heavy atom. The largest absolute Gasteiger partial charge is 0.467 e. The summed E-state index contributed by atoms with van der Waals surface area (Å²) in [5, 5.41) is 2.86. The number of rotatable bonds is 8. The average molecular weight is 411 g/mol. The van der Waals surface area contributed by atoms with Crippen LogP contribution in [-0.2, 0) is 26.1 Å². The van der Waals surface area contributed by atoms with Crippen molar-refractivity contribution in [1.82, 2.24) is 14.9 Å². The van der Waals surface area contributed by atoms with Crippen LogP contribution in [0.25, 0.3) is 0 Å². The van der Waals surface area contributed by atoms with Crippen LogP contribution in [0.3, 0.4) is 0 Å². The van der Waals surface area contributed by atoms with Gasteiger partial charge in [0.25, 0.3) is 5.91 Å². The van der Waals surface area contributed by atoms with E-state index < -0.39 is 0 Å². The van der Waals surface area contributed by atoms with Crippen molar-refractivity contribution in [2.24, 2.45) is 5.73 Å². The van der Waals surface area contributed by atoms with E-state index in [1.807, 2.05) is 12.3 Å². The van der Waals surface area contributed by atoms with Gasteiger partial charge < -0.3 is 20.0 Å². The first-order chi connectivity index (χ1) is 12.3. The Labute approximate surface area is 171 Å². The van der Waals surface area contributed by atoms with E-state index in [4.69, 9.17) is 10.2 Å². The highest BCUT2D eigenvalue weighted by Crippen LogP contribution is 2.08. The van der Waals surface area contributed by atoms with Gasteiger partial charge >= 0.3 is 0 Å². The zero-order chi connectivity index (χ0) is 17.5. The SMILES string of the molecule is Cl.Cl.NCc1cc(C(=O)NCc2nccn2CCCc2ccccc2)co1. The van der Waals surface area contributed by atoms with Crippen LogP contribution in [0.5, 0.6) is 0 Å². The Morgan fingerprint density at radius 3 is 2.70 bits per heavy atom. The number of aromatic nitrogens is 2. The molecule has 0 bridgehead atoms. The lowest BCUT2D eigenvalue weighted by Gasteiger charge is -2.09. The zero-order valence-corrected chi connectivity index (χ0v) is 16.5. The van der Waals surface area contributed by atoms with E-state index in [1.54, 1.807) is 12.3 Å². The first-order valence-corrected chi connectivity index (χ1v) is 8.36. The number of nitrogens with two attached hydrogens (primary N) is 1. The summed E-state index contributed by atoms with van der Waals surface area (Å²) < 4.78 is 7.26. The van der Waals surface area contributed by atoms with E-state index in [1.165, 1.54) is 11.8 Å². The third kappa shape index (κ3) is 6.43. The second kappa shape index (κ2) is 11.4. The van der Waals surface area contributed by atoms with Crippen molar-refractivity contribution >= 4 is 30.7 Å². The molecule has 3 aromatic rings. The van der Waals surface area contributed by atoms with E-state index in [2.05, 4.69) is 39.1 Å². The molecule has 3 N–H and O–H groups in total. The van der Waals surface area contributed by atoms with E-state index in [0.717, 1.165) is 25.2 Å². The lowest BCUT2D eigenvalue weighted by atomic mass is 10.1. The number of aryl methyl sites for hydroxylation is 2. The Morgan fingerprint density at radius 2 is 2.00 bits per heavy atom. The molecular weight excluding hydrogens is 387 g/mol. The predicted octanol–water partition coefficient (Wildman–Crippen LogP) is 3.34. The molecule has 0 aliphatic carbocycles. The van der Waals surface area contributed by atoms with Gasteiger partial charge in [0, 0.05) is 18.9 Å². The third-order valence-electron chi connectivity index (χ3n) is 4.03. The maximum absolute atomic E-state index is 12.1. The molecule has 0 saturated heterocycles. The highest BCUT2D eigenvalue weighted by Gasteiger charge is 2.11. The lowest BCUT2D eigenvalue weighted by molar-refractivity contribution is 0.0949. The summed E-state index contributed by atoms with van der Waals surface area (Å²) in [5.41, 5.74) is 7.29. The van der Waals surface area contributed by atoms with Crippen LogP contribution in [0.2, 0.25) is 0 Å². The summed E-state index contributed by atoms with van der Waals surface area (Å²) >= 11 is 0. The van der Waals surface area contributed by atoms with Crippen LogP contribution >= 0.6 is 24.8 Å². The maximum atomic E-state index is 12.1. The summed E-state index contributed by atoms with van der Waals surface area (Å²) in [6, 6.07) is 12.1. The summed E-state index contributed by atoms with van der Waals surface area (Å²) in [7, 11) is 0. The fourth-order valence-electron chi connectivity index (χ4n) is 2.68. The van der Waals surface area contributed by atoms with Crippen LogP contribution in [0.4, 0.5) is 0 Å². The molecule has 0 aliphatic heterocycles. The Kier molecular flexibility index (Phi) is 9.64. The number of amides is 1. The Balaban J connectivity index is 0.00000182. The van der Waals surface area contributed by atoms with Crippen molar-refractivity contribution in [1.29, 1.82) is 0 Å². The number of nitrogens with one attached hydrogen (secondary N) is 1. The van der Waals surface area contributed by atoms with E-state index in [9.17, 15) is 4.79 Å². The minimum Gasteiger partial charge on any atom is -0.467 e. The number of halogens is 2. The molecule has 0 atom stereocenters. The third-order valence-corrected chi connectivity index (χ3v) is 4.03. The highest BCUT2D eigenvalue weighted by atomic mass is 35.5. The van der Waals surface area contributed by atoms with Gasteiger partial charge in [0.05, 0.1) is 18.7 Å². The second-order valence-corrected chi connectivity index (χ2v) is 5.81. The van der Waals surface area contributed by atoms with Gasteiger partial charge in [0.2, 0.25) is 0 Å². The van der Waals surface area contributed by atoms with Gasteiger partial charge in [0.15, 0.2) is 0 Å². The van der Waals surface area contributed by atoms with E-state index in [0.29, 0.717) is 17.9 Å². The van der Waals surface area contributed by atoms with Crippen molar-refractivity contribution in [2.75, 3.05) is 0 Å². The minimum absolute atomic E-state index is 0. The summed E-state index contributed by atoms with van der Waals surface area (Å²) in [6.45, 7) is 1.52. The van der Waals surface area contributed by atoms with Gasteiger partial charge in [-0.2, -0.15) is 0 Å². The van der Waals surface area contributed by atoms with Gasteiger partial charge in [-0.25, -0.2) is 4.98 Å². The maximum Gasteiger partial charge on any atom is 0.254 e. The molecule has 0 unspecified atom stereocenters. The summed E-state index contributed by atoms with van der Waals surface area (Å²) in [4.78, 5) is 16.5. The van der Waals surface area contributed by atoms with Crippen molar-refractivity contribution in [2.45, 2.75) is 32.5 Å². The number of hydrogen-bond acceptors (Lipinski definition) is 4. The van der Waals surface area contributed by atoms with E-state index >= 15 is 0 Å². The molecule has 6 nitrogen and oxygen atoms in total. The van der Waals surface area contributed by atoms with Crippen LogP contribution in [0, 0.1) is 0 Å². The number of hydrogen-bond donors (Lipinski definition) is 2. The predicted molar refractivity (Wildman–Crippen MR) is 109 cm³/mol. The van der Waals surface area contributed by atoms with Crippen molar-refractivity contribution in [3.05, 3.63) is 77.8 Å². The molecule has 146 valence electrons. The average Bonchev–Trinajstić information content (AvgIpc) is 3.30. The number of benzene rings is 1. The van der Waals surface area contributed by atoms with Gasteiger partial charge in [-0.3, -0.25) is 4.79 Å². The Hall–Kier alpha value is -2.28. The fourth-order valence-corrected chi connectivity index (χ4v) is 2.68. The number of carbonyl (C=O) groups excluding carboxylic acids is 1. The topological polar surface area (TPSA) is 86.1 Å². The van der Waals surface area contributed by atoms with Gasteiger partial charge in [-0.15, -0.1) is 24.8 Å². The van der Waals surface area contributed by atoms with Gasteiger partial charge in [0.1, 0.15) is 17.8 Å². The van der Waals surface area contributed by atoms with Crippen molar-refractivity contribution < 1.29 is 9.21 Å². The molecule has 0 radical (unpaired) electrons. The molecular formula is C19H24Cl2N4O2. The zero-order valence-electron chi connectivity index (χ0n) is 14.8. The fraction of sp³-hybridized carbons (Fsp3) is 0.263. The molecule has 0 spiro atoms. The van der Waals surface area contributed by atoms with Crippen LogP contribution < -0.4 is 11.1 Å². The second-order valence-electron chi connectivity index (χ2n) is 5.81. The van der Waals surface area contributed by atoms with Gasteiger partial charge in [-0.1, -0.05) is 30.3 Å². The molecule has 0 aliphatic rings. The van der Waals surface area contributed by atoms with Crippen molar-refractivity contribution in [3.63, 3.8) is 0 Å². The molecule has 8 heteroatoms. The van der Waals surface area contributed by atoms with Crippen molar-refractivity contribution in [3.8, 4) is 0 Å². The molecule has 2 heterocycles. The summed E-state index contributed by atoms with van der Waals surface area (Å²) in [6.07, 6.45) is 7.15. The smallest absolute Gasteiger partial charge is 0.254 e. The quantitative estimate of drug-likeness (QED) is 0.595. The Bertz CT molecular complexity index is 818. The number of carbonyl (C=O) groups is 1. The first kappa shape index (κ1) is 22.8. The number of nitrogens with zero attached hydrogens (tertiary/aromatic N) is 2. The number of furan rings is 1. The summed E-state index contributed by atoms with van der Waals surface area (Å²) in [5.74, 6) is 1.24. The molecule has 1 amide bonds. The highest BCUT2D eigenvalue weighted by molar-refractivity contribution is 5.93. The standard InChI is InChI=1S/C19H22N4O2.2ClH/c20-12-17-11-16(14-25-17)19(24)22-13-18-21-8-10-23(18)9-4-7-15-5-2-1-3-6-15;;/h1-3,5-6,8,10-11,14H,4,7,9,12-13,20H2,(H,22,24);2*1H. The molecule has 2 aromatic heterocycles. The molecule has 0 fully saturated rings. The normalized spacial score (nSPS) is 9.96. The minimum atomic E-state index is -0.192. The van der Waals surface area contributed by atoms with E-state index in [-0.39, 0.29) is 37.3 Å². The lowest BCUT2D eigenvalue weighted by Crippen LogP contribution is -2.24. The molecule has 27 heavy (non-hydrogen) atoms. The monoisotopic (exact) mass is 410 g/mol.